The maximum Gasteiger partial charge on any atom is 0.223 e. The van der Waals surface area contributed by atoms with Gasteiger partial charge in [0.25, 0.3) is 0 Å². The van der Waals surface area contributed by atoms with Crippen LogP contribution in [0.3, 0.4) is 0 Å². The lowest BCUT2D eigenvalue weighted by Gasteiger charge is -2.26. The van der Waals surface area contributed by atoms with E-state index in [2.05, 4.69) is 20.2 Å². The van der Waals surface area contributed by atoms with E-state index >= 15 is 0 Å². The van der Waals surface area contributed by atoms with Crippen LogP contribution in [-0.2, 0) is 4.79 Å². The molecular formula is C23H31N5O3. The molecule has 3 heterocycles. The number of Topliss-reactive ketones (excluding diaryl/α,β-unsaturated/α-hetero) is 1. The van der Waals surface area contributed by atoms with Gasteiger partial charge in [-0.05, 0) is 37.5 Å². The molecule has 0 aliphatic carbocycles. The highest BCUT2D eigenvalue weighted by Crippen LogP contribution is 2.23. The van der Waals surface area contributed by atoms with Crippen LogP contribution in [0.25, 0.3) is 10.9 Å². The molecule has 2 saturated heterocycles. The zero-order valence-electron chi connectivity index (χ0n) is 18.0. The number of nitrogens with zero attached hydrogens (tertiary/aromatic N) is 4. The molecule has 1 amide bonds. The van der Waals surface area contributed by atoms with E-state index in [1.54, 1.807) is 0 Å². The minimum atomic E-state index is -0.129. The second-order valence-corrected chi connectivity index (χ2v) is 8.21. The standard InChI is InChI=1S/C23H31N5O3/c29-21(6-7-22(30)28-11-1-2-12-28)23-19-16-18(4-5-20(19)25-17-26-23)31-15-3-10-27-13-8-24-9-14-27/h4-5,16-17,24H,1-3,6-15H2. The van der Waals surface area contributed by atoms with Gasteiger partial charge in [-0.2, -0.15) is 0 Å². The Morgan fingerprint density at radius 2 is 1.84 bits per heavy atom. The Morgan fingerprint density at radius 1 is 1.03 bits per heavy atom. The van der Waals surface area contributed by atoms with Crippen LogP contribution in [0, 0.1) is 0 Å². The Balaban J connectivity index is 1.34. The summed E-state index contributed by atoms with van der Waals surface area (Å²) in [6.45, 7) is 7.51. The molecule has 1 aromatic heterocycles. The average Bonchev–Trinajstić information content (AvgIpc) is 3.35. The fourth-order valence-electron chi connectivity index (χ4n) is 4.22. The average molecular weight is 426 g/mol. The molecule has 1 aromatic carbocycles. The van der Waals surface area contributed by atoms with Gasteiger partial charge in [-0.1, -0.05) is 0 Å². The third kappa shape index (κ3) is 5.77. The molecule has 8 heteroatoms. The first kappa shape index (κ1) is 21.6. The number of hydrogen-bond donors (Lipinski definition) is 1. The van der Waals surface area contributed by atoms with Crippen molar-refractivity contribution in [3.63, 3.8) is 0 Å². The van der Waals surface area contributed by atoms with Gasteiger partial charge in [0.05, 0.1) is 12.1 Å². The molecule has 0 radical (unpaired) electrons. The summed E-state index contributed by atoms with van der Waals surface area (Å²) in [5.41, 5.74) is 1.07. The molecule has 8 nitrogen and oxygen atoms in total. The number of carbonyl (C=O) groups excluding carboxylic acids is 2. The molecule has 1 N–H and O–H groups in total. The Bertz CT molecular complexity index is 907. The van der Waals surface area contributed by atoms with E-state index in [9.17, 15) is 9.59 Å². The number of ether oxygens (including phenoxy) is 1. The first-order valence-corrected chi connectivity index (χ1v) is 11.3. The predicted octanol–water partition coefficient (Wildman–Crippen LogP) is 1.89. The summed E-state index contributed by atoms with van der Waals surface area (Å²) in [7, 11) is 0. The number of benzene rings is 1. The van der Waals surface area contributed by atoms with Crippen LogP contribution in [0.4, 0.5) is 0 Å². The van der Waals surface area contributed by atoms with Crippen LogP contribution in [0.15, 0.2) is 24.5 Å². The van der Waals surface area contributed by atoms with Gasteiger partial charge in [-0.15, -0.1) is 0 Å². The Morgan fingerprint density at radius 3 is 2.65 bits per heavy atom. The molecule has 0 saturated carbocycles. The molecule has 0 bridgehead atoms. The van der Waals surface area contributed by atoms with Crippen molar-refractivity contribution in [2.24, 2.45) is 0 Å². The van der Waals surface area contributed by atoms with Crippen LogP contribution in [0.2, 0.25) is 0 Å². The van der Waals surface area contributed by atoms with Crippen molar-refractivity contribution in [2.75, 3.05) is 52.4 Å². The molecule has 2 fully saturated rings. The van der Waals surface area contributed by atoms with Crippen molar-refractivity contribution >= 4 is 22.6 Å². The minimum Gasteiger partial charge on any atom is -0.494 e. The quantitative estimate of drug-likeness (QED) is 0.485. The molecule has 166 valence electrons. The maximum atomic E-state index is 12.8. The van der Waals surface area contributed by atoms with E-state index < -0.39 is 0 Å². The van der Waals surface area contributed by atoms with Crippen molar-refractivity contribution in [1.29, 1.82) is 0 Å². The number of ketones is 1. The maximum absolute atomic E-state index is 12.8. The number of likely N-dealkylation sites (tertiary alicyclic amines) is 1. The predicted molar refractivity (Wildman–Crippen MR) is 118 cm³/mol. The Kier molecular flexibility index (Phi) is 7.43. The molecule has 0 unspecified atom stereocenters. The lowest BCUT2D eigenvalue weighted by molar-refractivity contribution is -0.130. The normalized spacial score (nSPS) is 17.2. The van der Waals surface area contributed by atoms with E-state index in [0.29, 0.717) is 29.0 Å². The number of carbonyl (C=O) groups is 2. The number of aromatic nitrogens is 2. The molecule has 31 heavy (non-hydrogen) atoms. The van der Waals surface area contributed by atoms with Gasteiger partial charge in [0.2, 0.25) is 5.91 Å². The number of hydrogen-bond acceptors (Lipinski definition) is 7. The van der Waals surface area contributed by atoms with Gasteiger partial charge in [0.15, 0.2) is 5.78 Å². The second kappa shape index (κ2) is 10.6. The molecule has 0 spiro atoms. The minimum absolute atomic E-state index is 0.0534. The molecule has 4 rings (SSSR count). The fourth-order valence-corrected chi connectivity index (χ4v) is 4.22. The van der Waals surface area contributed by atoms with Crippen LogP contribution in [0.5, 0.6) is 5.75 Å². The third-order valence-electron chi connectivity index (χ3n) is 5.99. The van der Waals surface area contributed by atoms with Crippen LogP contribution in [0.1, 0.15) is 42.6 Å². The lowest BCUT2D eigenvalue weighted by Crippen LogP contribution is -2.43. The summed E-state index contributed by atoms with van der Waals surface area (Å²) in [6.07, 6.45) is 4.85. The summed E-state index contributed by atoms with van der Waals surface area (Å²) in [4.78, 5) is 37.9. The summed E-state index contributed by atoms with van der Waals surface area (Å²) in [6, 6.07) is 5.58. The van der Waals surface area contributed by atoms with Crippen LogP contribution >= 0.6 is 0 Å². The Hall–Kier alpha value is -2.58. The molecule has 2 aromatic rings. The van der Waals surface area contributed by atoms with E-state index in [1.165, 1.54) is 6.33 Å². The SMILES string of the molecule is O=C(CCC(=O)N1CCCC1)c1ncnc2ccc(OCCCN3CCNCC3)cc12. The van der Waals surface area contributed by atoms with Gasteiger partial charge in [-0.25, -0.2) is 9.97 Å². The summed E-state index contributed by atoms with van der Waals surface area (Å²) in [5.74, 6) is 0.637. The number of amides is 1. The van der Waals surface area contributed by atoms with Crippen LogP contribution < -0.4 is 10.1 Å². The van der Waals surface area contributed by atoms with Gasteiger partial charge in [-0.3, -0.25) is 9.59 Å². The van der Waals surface area contributed by atoms with Gasteiger partial charge < -0.3 is 19.9 Å². The zero-order chi connectivity index (χ0) is 21.5. The topological polar surface area (TPSA) is 87.7 Å². The number of rotatable bonds is 9. The van der Waals surface area contributed by atoms with Gasteiger partial charge in [0, 0.05) is 64.0 Å². The highest BCUT2D eigenvalue weighted by atomic mass is 16.5. The monoisotopic (exact) mass is 425 g/mol. The number of nitrogens with one attached hydrogen (secondary N) is 1. The van der Waals surface area contributed by atoms with Gasteiger partial charge in [0.1, 0.15) is 17.8 Å². The van der Waals surface area contributed by atoms with Crippen molar-refractivity contribution in [2.45, 2.75) is 32.1 Å². The number of piperazine rings is 1. The van der Waals surface area contributed by atoms with Crippen molar-refractivity contribution in [1.82, 2.24) is 25.1 Å². The van der Waals surface area contributed by atoms with E-state index in [0.717, 1.165) is 65.1 Å². The van der Waals surface area contributed by atoms with E-state index in [-0.39, 0.29) is 24.5 Å². The summed E-state index contributed by atoms with van der Waals surface area (Å²) >= 11 is 0. The first-order chi connectivity index (χ1) is 15.2. The van der Waals surface area contributed by atoms with Crippen molar-refractivity contribution in [3.8, 4) is 5.75 Å². The molecule has 2 aliphatic heterocycles. The fraction of sp³-hybridized carbons (Fsp3) is 0.565. The second-order valence-electron chi connectivity index (χ2n) is 8.21. The molecular weight excluding hydrogens is 394 g/mol. The first-order valence-electron chi connectivity index (χ1n) is 11.3. The van der Waals surface area contributed by atoms with E-state index in [4.69, 9.17) is 4.74 Å². The largest absolute Gasteiger partial charge is 0.494 e. The van der Waals surface area contributed by atoms with Crippen molar-refractivity contribution in [3.05, 3.63) is 30.2 Å². The van der Waals surface area contributed by atoms with Crippen LogP contribution in [-0.4, -0.2) is 83.9 Å². The smallest absolute Gasteiger partial charge is 0.223 e. The summed E-state index contributed by atoms with van der Waals surface area (Å²) in [5, 5.41) is 4.04. The van der Waals surface area contributed by atoms with Crippen molar-refractivity contribution < 1.29 is 14.3 Å². The summed E-state index contributed by atoms with van der Waals surface area (Å²) < 4.78 is 5.94. The zero-order valence-corrected chi connectivity index (χ0v) is 18.0. The Labute approximate surface area is 183 Å². The molecule has 2 aliphatic rings. The molecule has 0 atom stereocenters. The van der Waals surface area contributed by atoms with E-state index in [1.807, 2.05) is 23.1 Å². The number of fused-ring (bicyclic) bond motifs is 1. The lowest BCUT2D eigenvalue weighted by atomic mass is 10.1. The third-order valence-corrected chi connectivity index (χ3v) is 5.99. The van der Waals surface area contributed by atoms with Gasteiger partial charge >= 0.3 is 0 Å². The highest BCUT2D eigenvalue weighted by molar-refractivity contribution is 6.06. The highest BCUT2D eigenvalue weighted by Gasteiger charge is 2.20.